The standard InChI is InChI=1S/C11H18N2O4S/c14-8-6-9(10(15)16)13(7-8)11(17)12-2-1-4-18-5-3-12/h8-9,14H,1-7H2,(H,15,16). The number of carboxylic acids is 1. The molecule has 2 fully saturated rings. The summed E-state index contributed by atoms with van der Waals surface area (Å²) < 4.78 is 0. The first-order valence-corrected chi connectivity index (χ1v) is 7.29. The molecule has 7 heteroatoms. The van der Waals surface area contributed by atoms with E-state index in [2.05, 4.69) is 0 Å². The molecule has 0 spiro atoms. The first-order chi connectivity index (χ1) is 8.59. The van der Waals surface area contributed by atoms with E-state index in [1.807, 2.05) is 11.8 Å². The summed E-state index contributed by atoms with van der Waals surface area (Å²) in [5.74, 6) is 0.887. The molecule has 0 bridgehead atoms. The monoisotopic (exact) mass is 274 g/mol. The molecule has 2 aliphatic heterocycles. The number of rotatable bonds is 1. The number of urea groups is 1. The molecule has 2 amide bonds. The quantitative estimate of drug-likeness (QED) is 0.707. The van der Waals surface area contributed by atoms with Crippen LogP contribution in [0, 0.1) is 0 Å². The van der Waals surface area contributed by atoms with Crippen molar-refractivity contribution in [3.05, 3.63) is 0 Å². The van der Waals surface area contributed by atoms with Crippen LogP contribution in [0.15, 0.2) is 0 Å². The lowest BCUT2D eigenvalue weighted by atomic mass is 10.2. The maximum atomic E-state index is 12.3. The molecule has 0 radical (unpaired) electrons. The van der Waals surface area contributed by atoms with E-state index in [1.165, 1.54) is 4.90 Å². The van der Waals surface area contributed by atoms with Gasteiger partial charge in [0.1, 0.15) is 6.04 Å². The number of carbonyl (C=O) groups is 2. The molecular formula is C11H18N2O4S. The average Bonchev–Trinajstić information content (AvgIpc) is 2.56. The SMILES string of the molecule is O=C(O)C1CC(O)CN1C(=O)N1CCCSCC1. The highest BCUT2D eigenvalue weighted by atomic mass is 32.2. The number of thioether (sulfide) groups is 1. The minimum atomic E-state index is -1.04. The maximum Gasteiger partial charge on any atom is 0.326 e. The fourth-order valence-corrected chi connectivity index (χ4v) is 3.27. The van der Waals surface area contributed by atoms with Gasteiger partial charge in [0.25, 0.3) is 0 Å². The number of likely N-dealkylation sites (tertiary alicyclic amines) is 1. The molecular weight excluding hydrogens is 256 g/mol. The number of amides is 2. The van der Waals surface area contributed by atoms with Gasteiger partial charge in [-0.2, -0.15) is 11.8 Å². The third-order valence-corrected chi connectivity index (χ3v) is 4.35. The summed E-state index contributed by atoms with van der Waals surface area (Å²) in [6, 6.07) is -1.13. The Balaban J connectivity index is 2.04. The summed E-state index contributed by atoms with van der Waals surface area (Å²) in [5.41, 5.74) is 0. The van der Waals surface area contributed by atoms with Crippen molar-refractivity contribution in [3.8, 4) is 0 Å². The van der Waals surface area contributed by atoms with Gasteiger partial charge in [-0.25, -0.2) is 9.59 Å². The zero-order valence-electron chi connectivity index (χ0n) is 10.1. The van der Waals surface area contributed by atoms with Gasteiger partial charge in [-0.1, -0.05) is 0 Å². The molecule has 2 aliphatic rings. The Morgan fingerprint density at radius 2 is 2.00 bits per heavy atom. The smallest absolute Gasteiger partial charge is 0.326 e. The number of aliphatic hydroxyl groups excluding tert-OH is 1. The highest BCUT2D eigenvalue weighted by Gasteiger charge is 2.40. The molecule has 2 atom stereocenters. The Hall–Kier alpha value is -0.950. The molecule has 6 nitrogen and oxygen atoms in total. The van der Waals surface area contributed by atoms with Crippen molar-refractivity contribution in [2.24, 2.45) is 0 Å². The summed E-state index contributed by atoms with van der Waals surface area (Å²) in [6.45, 7) is 1.45. The Labute approximate surface area is 110 Å². The number of hydrogen-bond acceptors (Lipinski definition) is 4. The lowest BCUT2D eigenvalue weighted by Gasteiger charge is -2.29. The van der Waals surface area contributed by atoms with E-state index < -0.39 is 18.1 Å². The number of carboxylic acid groups (broad SMARTS) is 1. The lowest BCUT2D eigenvalue weighted by molar-refractivity contribution is -0.141. The molecule has 2 heterocycles. The molecule has 0 aromatic carbocycles. The first kappa shape index (κ1) is 13.5. The molecule has 0 aromatic heterocycles. The second kappa shape index (κ2) is 5.79. The van der Waals surface area contributed by atoms with Crippen molar-refractivity contribution in [1.82, 2.24) is 9.80 Å². The van der Waals surface area contributed by atoms with Crippen LogP contribution < -0.4 is 0 Å². The second-order valence-electron chi connectivity index (χ2n) is 4.63. The summed E-state index contributed by atoms with van der Waals surface area (Å²) in [7, 11) is 0. The average molecular weight is 274 g/mol. The Kier molecular flexibility index (Phi) is 4.34. The number of aliphatic hydroxyl groups is 1. The van der Waals surface area contributed by atoms with Crippen molar-refractivity contribution in [3.63, 3.8) is 0 Å². The van der Waals surface area contributed by atoms with Gasteiger partial charge < -0.3 is 20.0 Å². The van der Waals surface area contributed by atoms with Crippen LogP contribution in [0.25, 0.3) is 0 Å². The predicted octanol–water partition coefficient (Wildman–Crippen LogP) is 0.0651. The van der Waals surface area contributed by atoms with Gasteiger partial charge >= 0.3 is 12.0 Å². The minimum Gasteiger partial charge on any atom is -0.480 e. The van der Waals surface area contributed by atoms with Crippen molar-refractivity contribution in [1.29, 1.82) is 0 Å². The van der Waals surface area contributed by atoms with Gasteiger partial charge in [-0.3, -0.25) is 0 Å². The zero-order chi connectivity index (χ0) is 13.1. The molecule has 2 rings (SSSR count). The highest BCUT2D eigenvalue weighted by molar-refractivity contribution is 7.99. The number of carbonyl (C=O) groups excluding carboxylic acids is 1. The van der Waals surface area contributed by atoms with Crippen molar-refractivity contribution in [2.45, 2.75) is 25.0 Å². The van der Waals surface area contributed by atoms with Crippen LogP contribution in [-0.2, 0) is 4.79 Å². The summed E-state index contributed by atoms with van der Waals surface area (Å²) in [4.78, 5) is 26.4. The Bertz CT molecular complexity index is 331. The minimum absolute atomic E-state index is 0.124. The van der Waals surface area contributed by atoms with Crippen molar-refractivity contribution in [2.75, 3.05) is 31.1 Å². The van der Waals surface area contributed by atoms with Crippen LogP contribution in [0.5, 0.6) is 0 Å². The molecule has 0 aliphatic carbocycles. The van der Waals surface area contributed by atoms with Crippen LogP contribution in [0.1, 0.15) is 12.8 Å². The maximum absolute atomic E-state index is 12.3. The van der Waals surface area contributed by atoms with E-state index in [4.69, 9.17) is 5.11 Å². The van der Waals surface area contributed by atoms with Gasteiger partial charge in [0.15, 0.2) is 0 Å². The molecule has 2 unspecified atom stereocenters. The Morgan fingerprint density at radius 3 is 2.72 bits per heavy atom. The molecule has 2 saturated heterocycles. The number of β-amino-alcohol motifs (C(OH)–C–C–N with tert-alkyl or cyclic N) is 1. The second-order valence-corrected chi connectivity index (χ2v) is 5.86. The van der Waals surface area contributed by atoms with Crippen molar-refractivity contribution < 1.29 is 19.8 Å². The fraction of sp³-hybridized carbons (Fsp3) is 0.818. The zero-order valence-corrected chi connectivity index (χ0v) is 10.9. The first-order valence-electron chi connectivity index (χ1n) is 6.13. The lowest BCUT2D eigenvalue weighted by Crippen LogP contribution is -2.48. The molecule has 0 saturated carbocycles. The van der Waals surface area contributed by atoms with E-state index in [-0.39, 0.29) is 19.0 Å². The topological polar surface area (TPSA) is 81.1 Å². The number of aliphatic carboxylic acids is 1. The van der Waals surface area contributed by atoms with Crippen molar-refractivity contribution >= 4 is 23.8 Å². The normalized spacial score (nSPS) is 29.2. The summed E-state index contributed by atoms with van der Waals surface area (Å²) in [5, 5.41) is 18.6. The van der Waals surface area contributed by atoms with E-state index >= 15 is 0 Å². The fourth-order valence-electron chi connectivity index (χ4n) is 2.38. The molecule has 102 valence electrons. The number of hydrogen-bond donors (Lipinski definition) is 2. The Morgan fingerprint density at radius 1 is 1.22 bits per heavy atom. The summed E-state index contributed by atoms with van der Waals surface area (Å²) in [6.07, 6.45) is 0.338. The van der Waals surface area contributed by atoms with Crippen LogP contribution in [-0.4, -0.2) is 75.3 Å². The van der Waals surface area contributed by atoms with Gasteiger partial charge in [0, 0.05) is 31.8 Å². The van der Waals surface area contributed by atoms with Gasteiger partial charge in [0.05, 0.1) is 6.10 Å². The largest absolute Gasteiger partial charge is 0.480 e. The van der Waals surface area contributed by atoms with Gasteiger partial charge in [0.2, 0.25) is 0 Å². The summed E-state index contributed by atoms with van der Waals surface area (Å²) >= 11 is 1.81. The predicted molar refractivity (Wildman–Crippen MR) is 67.7 cm³/mol. The third kappa shape index (κ3) is 2.89. The third-order valence-electron chi connectivity index (χ3n) is 3.30. The van der Waals surface area contributed by atoms with Crippen LogP contribution >= 0.6 is 11.8 Å². The van der Waals surface area contributed by atoms with E-state index in [0.29, 0.717) is 13.1 Å². The molecule has 18 heavy (non-hydrogen) atoms. The van der Waals surface area contributed by atoms with E-state index in [9.17, 15) is 14.7 Å². The molecule has 0 aromatic rings. The van der Waals surface area contributed by atoms with Crippen LogP contribution in [0.3, 0.4) is 0 Å². The van der Waals surface area contributed by atoms with E-state index in [0.717, 1.165) is 17.9 Å². The highest BCUT2D eigenvalue weighted by Crippen LogP contribution is 2.21. The van der Waals surface area contributed by atoms with Gasteiger partial charge in [-0.15, -0.1) is 0 Å². The van der Waals surface area contributed by atoms with Crippen LogP contribution in [0.2, 0.25) is 0 Å². The molecule has 2 N–H and O–H groups in total. The number of nitrogens with zero attached hydrogens (tertiary/aromatic N) is 2. The van der Waals surface area contributed by atoms with Gasteiger partial charge in [-0.05, 0) is 12.2 Å². The van der Waals surface area contributed by atoms with Crippen LogP contribution in [0.4, 0.5) is 4.79 Å². The van der Waals surface area contributed by atoms with E-state index in [1.54, 1.807) is 4.90 Å².